The van der Waals surface area contributed by atoms with Gasteiger partial charge in [0.25, 0.3) is 0 Å². The smallest absolute Gasteiger partial charge is 0.119 e. The van der Waals surface area contributed by atoms with Crippen molar-refractivity contribution in [2.45, 2.75) is 26.4 Å². The first-order valence-electron chi connectivity index (χ1n) is 6.65. The van der Waals surface area contributed by atoms with Gasteiger partial charge in [-0.2, -0.15) is 0 Å². The van der Waals surface area contributed by atoms with E-state index in [9.17, 15) is 0 Å². The molecule has 1 aromatic heterocycles. The third kappa shape index (κ3) is 3.58. The molecular weight excluding hydrogens is 254 g/mol. The quantitative estimate of drug-likeness (QED) is 0.777. The van der Waals surface area contributed by atoms with Crippen molar-refractivity contribution in [2.24, 2.45) is 0 Å². The van der Waals surface area contributed by atoms with E-state index in [-0.39, 0.29) is 0 Å². The molecule has 3 heteroatoms. The van der Waals surface area contributed by atoms with Gasteiger partial charge in [-0.3, -0.25) is 4.90 Å². The molecule has 0 aliphatic rings. The van der Waals surface area contributed by atoms with Crippen LogP contribution >= 0.6 is 11.3 Å². The van der Waals surface area contributed by atoms with Gasteiger partial charge in [-0.25, -0.2) is 0 Å². The van der Waals surface area contributed by atoms with E-state index in [1.807, 2.05) is 17.4 Å². The second-order valence-electron chi connectivity index (χ2n) is 4.60. The Kier molecular flexibility index (Phi) is 5.00. The summed E-state index contributed by atoms with van der Waals surface area (Å²) in [5, 5.41) is 2.14. The Balaban J connectivity index is 2.12. The van der Waals surface area contributed by atoms with Crippen LogP contribution in [0.15, 0.2) is 41.8 Å². The van der Waals surface area contributed by atoms with Gasteiger partial charge in [-0.05, 0) is 42.6 Å². The summed E-state index contributed by atoms with van der Waals surface area (Å²) < 4.78 is 5.31. The molecule has 1 heterocycles. The zero-order valence-electron chi connectivity index (χ0n) is 11.8. The van der Waals surface area contributed by atoms with Crippen LogP contribution in [-0.2, 0) is 6.54 Å². The van der Waals surface area contributed by atoms with Gasteiger partial charge in [0.05, 0.1) is 7.11 Å². The van der Waals surface area contributed by atoms with Crippen LogP contribution in [0.3, 0.4) is 0 Å². The molecule has 102 valence electrons. The van der Waals surface area contributed by atoms with Crippen LogP contribution < -0.4 is 4.74 Å². The molecule has 0 N–H and O–H groups in total. The summed E-state index contributed by atoms with van der Waals surface area (Å²) >= 11 is 1.82. The zero-order chi connectivity index (χ0) is 13.7. The summed E-state index contributed by atoms with van der Waals surface area (Å²) in [6.45, 7) is 6.51. The largest absolute Gasteiger partial charge is 0.497 e. The predicted molar refractivity (Wildman–Crippen MR) is 81.8 cm³/mol. The molecule has 0 fully saturated rings. The van der Waals surface area contributed by atoms with Gasteiger partial charge in [-0.1, -0.05) is 25.1 Å². The standard InChI is InChI=1S/C16H21NOS/c1-4-17(12-16-9-6-10-19-16)13(2)14-7-5-8-15(11-14)18-3/h5-11,13H,4,12H2,1-3H3. The average Bonchev–Trinajstić information content (AvgIpc) is 2.97. The Labute approximate surface area is 119 Å². The number of nitrogens with zero attached hydrogens (tertiary/aromatic N) is 1. The Morgan fingerprint density at radius 1 is 1.26 bits per heavy atom. The lowest BCUT2D eigenvalue weighted by Gasteiger charge is -2.28. The van der Waals surface area contributed by atoms with Crippen LogP contribution in [0.5, 0.6) is 5.75 Å². The molecule has 0 saturated carbocycles. The summed E-state index contributed by atoms with van der Waals surface area (Å²) in [7, 11) is 1.72. The highest BCUT2D eigenvalue weighted by Gasteiger charge is 2.15. The number of rotatable bonds is 6. The fraction of sp³-hybridized carbons (Fsp3) is 0.375. The monoisotopic (exact) mass is 275 g/mol. The van der Waals surface area contributed by atoms with Crippen LogP contribution in [0.25, 0.3) is 0 Å². The molecule has 0 saturated heterocycles. The third-order valence-corrected chi connectivity index (χ3v) is 4.33. The van der Waals surface area contributed by atoms with Gasteiger partial charge in [-0.15, -0.1) is 11.3 Å². The van der Waals surface area contributed by atoms with Crippen LogP contribution in [0, 0.1) is 0 Å². The minimum atomic E-state index is 0.391. The van der Waals surface area contributed by atoms with Crippen LogP contribution in [-0.4, -0.2) is 18.6 Å². The highest BCUT2D eigenvalue weighted by Crippen LogP contribution is 2.26. The minimum absolute atomic E-state index is 0.391. The maximum absolute atomic E-state index is 5.31. The Morgan fingerprint density at radius 2 is 2.11 bits per heavy atom. The highest BCUT2D eigenvalue weighted by atomic mass is 32.1. The van der Waals surface area contributed by atoms with E-state index in [0.717, 1.165) is 18.8 Å². The molecular formula is C16H21NOS. The normalized spacial score (nSPS) is 12.6. The second kappa shape index (κ2) is 6.73. The van der Waals surface area contributed by atoms with Gasteiger partial charge in [0.1, 0.15) is 5.75 Å². The molecule has 2 nitrogen and oxygen atoms in total. The van der Waals surface area contributed by atoms with E-state index in [1.165, 1.54) is 10.4 Å². The van der Waals surface area contributed by atoms with Crippen molar-refractivity contribution in [1.82, 2.24) is 4.90 Å². The van der Waals surface area contributed by atoms with Crippen molar-refractivity contribution in [3.63, 3.8) is 0 Å². The number of thiophene rings is 1. The van der Waals surface area contributed by atoms with Gasteiger partial charge in [0.15, 0.2) is 0 Å². The molecule has 1 aromatic carbocycles. The lowest BCUT2D eigenvalue weighted by atomic mass is 10.1. The van der Waals surface area contributed by atoms with Crippen molar-refractivity contribution in [1.29, 1.82) is 0 Å². The van der Waals surface area contributed by atoms with Crippen LogP contribution in [0.1, 0.15) is 30.3 Å². The van der Waals surface area contributed by atoms with Crippen molar-refractivity contribution < 1.29 is 4.74 Å². The van der Waals surface area contributed by atoms with Crippen LogP contribution in [0.4, 0.5) is 0 Å². The van der Waals surface area contributed by atoms with Crippen molar-refractivity contribution in [3.05, 3.63) is 52.2 Å². The second-order valence-corrected chi connectivity index (χ2v) is 5.63. The van der Waals surface area contributed by atoms with Crippen molar-refractivity contribution >= 4 is 11.3 Å². The van der Waals surface area contributed by atoms with E-state index in [1.54, 1.807) is 7.11 Å². The maximum Gasteiger partial charge on any atom is 0.119 e. The van der Waals surface area contributed by atoms with E-state index < -0.39 is 0 Å². The van der Waals surface area contributed by atoms with Crippen molar-refractivity contribution in [2.75, 3.05) is 13.7 Å². The predicted octanol–water partition coefficient (Wildman–Crippen LogP) is 4.34. The Morgan fingerprint density at radius 3 is 2.74 bits per heavy atom. The third-order valence-electron chi connectivity index (χ3n) is 3.47. The average molecular weight is 275 g/mol. The van der Waals surface area contributed by atoms with Crippen LogP contribution in [0.2, 0.25) is 0 Å². The van der Waals surface area contributed by atoms with E-state index >= 15 is 0 Å². The number of hydrogen-bond acceptors (Lipinski definition) is 3. The highest BCUT2D eigenvalue weighted by molar-refractivity contribution is 7.09. The molecule has 0 radical (unpaired) electrons. The first-order valence-corrected chi connectivity index (χ1v) is 7.53. The SMILES string of the molecule is CCN(Cc1cccs1)C(C)c1cccc(OC)c1. The summed E-state index contributed by atoms with van der Waals surface area (Å²) in [5.74, 6) is 0.927. The fourth-order valence-electron chi connectivity index (χ4n) is 2.24. The van der Waals surface area contributed by atoms with Gasteiger partial charge in [0.2, 0.25) is 0 Å². The first kappa shape index (κ1) is 14.1. The molecule has 1 atom stereocenters. The lowest BCUT2D eigenvalue weighted by Crippen LogP contribution is -2.25. The number of ether oxygens (including phenoxy) is 1. The number of methoxy groups -OCH3 is 1. The number of benzene rings is 1. The molecule has 19 heavy (non-hydrogen) atoms. The van der Waals surface area contributed by atoms with Gasteiger partial charge >= 0.3 is 0 Å². The molecule has 0 aliphatic carbocycles. The number of hydrogen-bond donors (Lipinski definition) is 0. The fourth-order valence-corrected chi connectivity index (χ4v) is 2.97. The minimum Gasteiger partial charge on any atom is -0.497 e. The molecule has 2 rings (SSSR count). The molecule has 0 aliphatic heterocycles. The first-order chi connectivity index (χ1) is 9.24. The zero-order valence-corrected chi connectivity index (χ0v) is 12.6. The molecule has 0 amide bonds. The van der Waals surface area contributed by atoms with Gasteiger partial charge < -0.3 is 4.74 Å². The lowest BCUT2D eigenvalue weighted by molar-refractivity contribution is 0.214. The molecule has 1 unspecified atom stereocenters. The molecule has 0 bridgehead atoms. The molecule has 0 spiro atoms. The molecule has 2 aromatic rings. The summed E-state index contributed by atoms with van der Waals surface area (Å²) in [4.78, 5) is 3.89. The topological polar surface area (TPSA) is 12.5 Å². The van der Waals surface area contributed by atoms with E-state index in [2.05, 4.69) is 54.5 Å². The van der Waals surface area contributed by atoms with Crippen molar-refractivity contribution in [3.8, 4) is 5.75 Å². The van der Waals surface area contributed by atoms with E-state index in [0.29, 0.717) is 6.04 Å². The summed E-state index contributed by atoms with van der Waals surface area (Å²) in [6.07, 6.45) is 0. The Hall–Kier alpha value is -1.32. The Bertz CT molecular complexity index is 495. The summed E-state index contributed by atoms with van der Waals surface area (Å²) in [6, 6.07) is 13.1. The summed E-state index contributed by atoms with van der Waals surface area (Å²) in [5.41, 5.74) is 1.30. The van der Waals surface area contributed by atoms with Gasteiger partial charge in [0, 0.05) is 17.5 Å². The van der Waals surface area contributed by atoms with E-state index in [4.69, 9.17) is 4.74 Å². The maximum atomic E-state index is 5.31.